The predicted molar refractivity (Wildman–Crippen MR) is 61.8 cm³/mol. The molecule has 0 aliphatic carbocycles. The van der Waals surface area contributed by atoms with Crippen molar-refractivity contribution in [1.82, 2.24) is 14.4 Å². The maximum atomic E-state index is 11.4. The lowest BCUT2D eigenvalue weighted by atomic mass is 10.3. The van der Waals surface area contributed by atoms with Crippen molar-refractivity contribution in [2.45, 2.75) is 0 Å². The van der Waals surface area contributed by atoms with E-state index in [1.54, 1.807) is 12.3 Å². The number of carbonyl (C=O) groups excluding carboxylic acids is 1. The first kappa shape index (κ1) is 9.77. The molecule has 0 aromatic carbocycles. The van der Waals surface area contributed by atoms with Gasteiger partial charge in [0.1, 0.15) is 11.2 Å². The Kier molecular flexibility index (Phi) is 2.04. The molecule has 0 N–H and O–H groups in total. The summed E-state index contributed by atoms with van der Waals surface area (Å²) < 4.78 is 6.55. The third-order valence-corrected chi connectivity index (χ3v) is 2.59. The molecule has 3 aromatic heterocycles. The smallest absolute Gasteiger partial charge is 0.356 e. The molecule has 0 spiro atoms. The maximum Gasteiger partial charge on any atom is 0.356 e. The average molecular weight is 227 g/mol. The largest absolute Gasteiger partial charge is 0.464 e. The molecule has 0 amide bonds. The molecule has 0 unspecified atom stereocenters. The highest BCUT2D eigenvalue weighted by Crippen LogP contribution is 2.16. The number of methoxy groups -OCH3 is 1. The summed E-state index contributed by atoms with van der Waals surface area (Å²) in [6.07, 6.45) is 3.47. The van der Waals surface area contributed by atoms with Crippen LogP contribution in [0.15, 0.2) is 36.7 Å². The Hall–Kier alpha value is -2.43. The van der Waals surface area contributed by atoms with Crippen molar-refractivity contribution < 1.29 is 9.53 Å². The molecule has 0 bridgehead atoms. The molecule has 0 saturated heterocycles. The van der Waals surface area contributed by atoms with Crippen LogP contribution in [0.2, 0.25) is 0 Å². The molecule has 0 atom stereocenters. The predicted octanol–water partition coefficient (Wildman–Crippen LogP) is 1.67. The Bertz CT molecular complexity index is 718. The van der Waals surface area contributed by atoms with E-state index in [4.69, 9.17) is 0 Å². The summed E-state index contributed by atoms with van der Waals surface area (Å²) >= 11 is 0. The van der Waals surface area contributed by atoms with E-state index >= 15 is 0 Å². The number of esters is 1. The fourth-order valence-electron chi connectivity index (χ4n) is 1.79. The maximum absolute atomic E-state index is 11.4. The van der Waals surface area contributed by atoms with Gasteiger partial charge < -0.3 is 4.74 Å². The third-order valence-electron chi connectivity index (χ3n) is 2.59. The zero-order valence-corrected chi connectivity index (χ0v) is 9.12. The van der Waals surface area contributed by atoms with Crippen molar-refractivity contribution in [2.24, 2.45) is 0 Å². The van der Waals surface area contributed by atoms with Crippen LogP contribution in [-0.4, -0.2) is 27.4 Å². The van der Waals surface area contributed by atoms with E-state index in [2.05, 4.69) is 14.7 Å². The van der Waals surface area contributed by atoms with Crippen LogP contribution >= 0.6 is 0 Å². The highest BCUT2D eigenvalue weighted by Gasteiger charge is 2.10. The van der Waals surface area contributed by atoms with Crippen LogP contribution in [0.1, 0.15) is 10.5 Å². The van der Waals surface area contributed by atoms with Crippen molar-refractivity contribution in [3.05, 3.63) is 42.4 Å². The van der Waals surface area contributed by atoms with Crippen molar-refractivity contribution in [1.29, 1.82) is 0 Å². The third kappa shape index (κ3) is 1.44. The summed E-state index contributed by atoms with van der Waals surface area (Å²) in [4.78, 5) is 19.8. The van der Waals surface area contributed by atoms with Gasteiger partial charge in [-0.3, -0.25) is 4.40 Å². The van der Waals surface area contributed by atoms with Gasteiger partial charge >= 0.3 is 5.97 Å². The minimum Gasteiger partial charge on any atom is -0.464 e. The minimum atomic E-state index is -0.446. The van der Waals surface area contributed by atoms with Gasteiger partial charge in [0.25, 0.3) is 0 Å². The lowest BCUT2D eigenvalue weighted by Gasteiger charge is -1.98. The van der Waals surface area contributed by atoms with Gasteiger partial charge in [0.2, 0.25) is 0 Å². The van der Waals surface area contributed by atoms with Gasteiger partial charge in [-0.05, 0) is 18.2 Å². The zero-order chi connectivity index (χ0) is 11.8. The summed E-state index contributed by atoms with van der Waals surface area (Å²) in [6.45, 7) is 0. The molecule has 0 aliphatic heterocycles. The molecule has 17 heavy (non-hydrogen) atoms. The van der Waals surface area contributed by atoms with Crippen molar-refractivity contribution in [3.63, 3.8) is 0 Å². The first-order valence-corrected chi connectivity index (χ1v) is 5.11. The topological polar surface area (TPSA) is 56.5 Å². The number of imidazole rings is 1. The molecule has 5 nitrogen and oxygen atoms in total. The molecular weight excluding hydrogens is 218 g/mol. The van der Waals surface area contributed by atoms with Crippen molar-refractivity contribution in [2.75, 3.05) is 7.11 Å². The Labute approximate surface area is 96.7 Å². The van der Waals surface area contributed by atoms with Crippen LogP contribution in [0.4, 0.5) is 0 Å². The van der Waals surface area contributed by atoms with Crippen LogP contribution in [0.25, 0.3) is 16.7 Å². The first-order valence-electron chi connectivity index (χ1n) is 5.11. The van der Waals surface area contributed by atoms with Crippen LogP contribution in [0.3, 0.4) is 0 Å². The Morgan fingerprint density at radius 3 is 3.12 bits per heavy atom. The van der Waals surface area contributed by atoms with Gasteiger partial charge in [-0.15, -0.1) is 0 Å². The molecule has 0 radical (unpaired) electrons. The molecule has 3 rings (SSSR count). The number of ether oxygens (including phenoxy) is 1. The molecule has 3 heterocycles. The molecule has 0 aliphatic rings. The zero-order valence-electron chi connectivity index (χ0n) is 9.12. The van der Waals surface area contributed by atoms with Crippen LogP contribution in [0.5, 0.6) is 0 Å². The van der Waals surface area contributed by atoms with E-state index in [9.17, 15) is 4.79 Å². The molecule has 84 valence electrons. The van der Waals surface area contributed by atoms with E-state index in [1.165, 1.54) is 7.11 Å². The lowest BCUT2D eigenvalue weighted by molar-refractivity contribution is 0.0594. The number of aromatic nitrogens is 3. The van der Waals surface area contributed by atoms with Gasteiger partial charge in [0, 0.05) is 6.20 Å². The Morgan fingerprint density at radius 1 is 1.41 bits per heavy atom. The lowest BCUT2D eigenvalue weighted by Crippen LogP contribution is -2.03. The highest BCUT2D eigenvalue weighted by molar-refractivity contribution is 5.92. The molecule has 5 heteroatoms. The number of fused-ring (bicyclic) bond motifs is 3. The summed E-state index contributed by atoms with van der Waals surface area (Å²) in [5.41, 5.74) is 2.71. The van der Waals surface area contributed by atoms with Crippen molar-refractivity contribution in [3.8, 4) is 0 Å². The second-order valence-electron chi connectivity index (χ2n) is 3.59. The van der Waals surface area contributed by atoms with Crippen molar-refractivity contribution >= 4 is 22.6 Å². The van der Waals surface area contributed by atoms with Gasteiger partial charge in [-0.2, -0.15) is 0 Å². The molecular formula is C12H9N3O2. The number of nitrogens with zero attached hydrogens (tertiary/aromatic N) is 3. The fourth-order valence-corrected chi connectivity index (χ4v) is 1.79. The summed E-state index contributed by atoms with van der Waals surface area (Å²) in [7, 11) is 1.34. The van der Waals surface area contributed by atoms with E-state index < -0.39 is 5.97 Å². The minimum absolute atomic E-state index is 0.283. The van der Waals surface area contributed by atoms with Gasteiger partial charge in [0.15, 0.2) is 5.69 Å². The summed E-state index contributed by atoms with van der Waals surface area (Å²) in [6, 6.07) is 7.40. The average Bonchev–Trinajstić information content (AvgIpc) is 2.75. The van der Waals surface area contributed by atoms with Gasteiger partial charge in [-0.1, -0.05) is 6.07 Å². The second-order valence-corrected chi connectivity index (χ2v) is 3.59. The quantitative estimate of drug-likeness (QED) is 0.593. The molecule has 0 saturated carbocycles. The monoisotopic (exact) mass is 227 g/mol. The standard InChI is InChI=1S/C12H9N3O2/c1-17-12(16)8-6-10-9(7-13-8)14-11-4-2-3-5-15(10)11/h2-7H,1H3. The summed E-state index contributed by atoms with van der Waals surface area (Å²) in [5.74, 6) is -0.446. The number of rotatable bonds is 1. The van der Waals surface area contributed by atoms with Crippen LogP contribution in [-0.2, 0) is 4.74 Å². The second kappa shape index (κ2) is 3.55. The van der Waals surface area contributed by atoms with E-state index in [0.717, 1.165) is 16.7 Å². The number of carbonyl (C=O) groups is 1. The van der Waals surface area contributed by atoms with Crippen LogP contribution < -0.4 is 0 Å². The molecule has 0 fully saturated rings. The first-order chi connectivity index (χ1) is 8.29. The van der Waals surface area contributed by atoms with Gasteiger partial charge in [0.05, 0.1) is 18.8 Å². The summed E-state index contributed by atoms with van der Waals surface area (Å²) in [5, 5.41) is 0. The molecule has 3 aromatic rings. The van der Waals surface area contributed by atoms with Crippen LogP contribution in [0, 0.1) is 0 Å². The Morgan fingerprint density at radius 2 is 2.29 bits per heavy atom. The number of pyridine rings is 2. The highest BCUT2D eigenvalue weighted by atomic mass is 16.5. The number of hydrogen-bond donors (Lipinski definition) is 0. The normalized spacial score (nSPS) is 10.9. The fraction of sp³-hybridized carbons (Fsp3) is 0.0833. The van der Waals surface area contributed by atoms with E-state index in [-0.39, 0.29) is 5.69 Å². The SMILES string of the molecule is COC(=O)c1cc2c(cn1)nc1ccccn12. The number of hydrogen-bond acceptors (Lipinski definition) is 4. The van der Waals surface area contributed by atoms with E-state index in [1.807, 2.05) is 28.8 Å². The Balaban J connectivity index is 2.33. The van der Waals surface area contributed by atoms with E-state index in [0.29, 0.717) is 0 Å². The van der Waals surface area contributed by atoms with Gasteiger partial charge in [-0.25, -0.2) is 14.8 Å².